The molecular formula is C15H19N5S. The molecule has 0 saturated carbocycles. The molecule has 0 spiro atoms. The first-order chi connectivity index (χ1) is 10.1. The van der Waals surface area contributed by atoms with Crippen LogP contribution in [0.1, 0.15) is 55.9 Å². The summed E-state index contributed by atoms with van der Waals surface area (Å²) in [6.07, 6.45) is 3.75. The van der Waals surface area contributed by atoms with Gasteiger partial charge in [-0.15, -0.1) is 11.3 Å². The van der Waals surface area contributed by atoms with Crippen LogP contribution >= 0.6 is 11.3 Å². The number of thiazole rings is 1. The fourth-order valence-corrected chi connectivity index (χ4v) is 2.84. The van der Waals surface area contributed by atoms with E-state index < -0.39 is 0 Å². The molecule has 21 heavy (non-hydrogen) atoms. The summed E-state index contributed by atoms with van der Waals surface area (Å²) in [5.74, 6) is 1.52. The van der Waals surface area contributed by atoms with Gasteiger partial charge in [-0.1, -0.05) is 27.7 Å². The van der Waals surface area contributed by atoms with Crippen LogP contribution in [-0.2, 0) is 6.54 Å². The SMILES string of the molecule is CC(C)c1nc(C(C)C)c2ncn(Cc3cncs3)c2n1. The topological polar surface area (TPSA) is 56.5 Å². The number of nitrogens with zero attached hydrogens (tertiary/aromatic N) is 5. The average Bonchev–Trinajstić information content (AvgIpc) is 3.08. The second-order valence-electron chi connectivity index (χ2n) is 5.79. The third-order valence-corrected chi connectivity index (χ3v) is 4.15. The maximum atomic E-state index is 4.73. The molecule has 0 aliphatic carbocycles. The van der Waals surface area contributed by atoms with Gasteiger partial charge in [0, 0.05) is 17.0 Å². The van der Waals surface area contributed by atoms with Crippen LogP contribution in [-0.4, -0.2) is 24.5 Å². The Labute approximate surface area is 128 Å². The van der Waals surface area contributed by atoms with Crippen LogP contribution in [0.3, 0.4) is 0 Å². The highest BCUT2D eigenvalue weighted by Crippen LogP contribution is 2.24. The number of hydrogen-bond acceptors (Lipinski definition) is 5. The van der Waals surface area contributed by atoms with Gasteiger partial charge in [-0.2, -0.15) is 0 Å². The van der Waals surface area contributed by atoms with E-state index in [0.717, 1.165) is 29.2 Å². The summed E-state index contributed by atoms with van der Waals surface area (Å²) >= 11 is 1.65. The lowest BCUT2D eigenvalue weighted by molar-refractivity contribution is 0.732. The monoisotopic (exact) mass is 301 g/mol. The van der Waals surface area contributed by atoms with Crippen molar-refractivity contribution in [3.63, 3.8) is 0 Å². The Kier molecular flexibility index (Phi) is 3.71. The smallest absolute Gasteiger partial charge is 0.164 e. The second kappa shape index (κ2) is 5.52. The van der Waals surface area contributed by atoms with Crippen molar-refractivity contribution in [2.45, 2.75) is 46.1 Å². The van der Waals surface area contributed by atoms with Gasteiger partial charge < -0.3 is 4.57 Å². The minimum absolute atomic E-state index is 0.304. The van der Waals surface area contributed by atoms with Crippen molar-refractivity contribution < 1.29 is 0 Å². The summed E-state index contributed by atoms with van der Waals surface area (Å²) in [6.45, 7) is 9.29. The quantitative estimate of drug-likeness (QED) is 0.739. The Balaban J connectivity index is 2.14. The summed E-state index contributed by atoms with van der Waals surface area (Å²) in [5, 5.41) is 0. The van der Waals surface area contributed by atoms with Gasteiger partial charge in [0.1, 0.15) is 11.3 Å². The predicted octanol–water partition coefficient (Wildman–Crippen LogP) is 3.58. The molecule has 0 aliphatic rings. The minimum atomic E-state index is 0.304. The van der Waals surface area contributed by atoms with E-state index in [-0.39, 0.29) is 0 Å². The fourth-order valence-electron chi connectivity index (χ4n) is 2.25. The number of hydrogen-bond donors (Lipinski definition) is 0. The third kappa shape index (κ3) is 2.68. The number of aromatic nitrogens is 5. The third-order valence-electron chi connectivity index (χ3n) is 3.38. The Hall–Kier alpha value is -1.82. The molecule has 0 amide bonds. The highest BCUT2D eigenvalue weighted by Gasteiger charge is 2.17. The Morgan fingerprint density at radius 2 is 1.95 bits per heavy atom. The van der Waals surface area contributed by atoms with Crippen molar-refractivity contribution >= 4 is 22.5 Å². The van der Waals surface area contributed by atoms with E-state index in [0.29, 0.717) is 11.8 Å². The maximum Gasteiger partial charge on any atom is 0.164 e. The van der Waals surface area contributed by atoms with E-state index in [9.17, 15) is 0 Å². The van der Waals surface area contributed by atoms with E-state index in [2.05, 4.69) is 42.2 Å². The van der Waals surface area contributed by atoms with E-state index >= 15 is 0 Å². The standard InChI is InChI=1S/C15H19N5S/c1-9(2)12-13-15(19-14(18-12)10(3)4)20(7-17-13)6-11-5-16-8-21-11/h5,7-10H,6H2,1-4H3. The van der Waals surface area contributed by atoms with Crippen molar-refractivity contribution in [1.29, 1.82) is 0 Å². The molecule has 110 valence electrons. The molecule has 0 radical (unpaired) electrons. The minimum Gasteiger partial charge on any atom is -0.310 e. The Morgan fingerprint density at radius 3 is 2.57 bits per heavy atom. The molecule has 0 bridgehead atoms. The van der Waals surface area contributed by atoms with Gasteiger partial charge in [0.25, 0.3) is 0 Å². The van der Waals surface area contributed by atoms with Crippen molar-refractivity contribution in [2.75, 3.05) is 0 Å². The lowest BCUT2D eigenvalue weighted by Gasteiger charge is -2.11. The Bertz CT molecular complexity index is 743. The number of rotatable bonds is 4. The second-order valence-corrected chi connectivity index (χ2v) is 6.76. The predicted molar refractivity (Wildman–Crippen MR) is 84.7 cm³/mol. The van der Waals surface area contributed by atoms with Crippen molar-refractivity contribution in [2.24, 2.45) is 0 Å². The summed E-state index contributed by atoms with van der Waals surface area (Å²) in [7, 11) is 0. The summed E-state index contributed by atoms with van der Waals surface area (Å²) < 4.78 is 2.09. The summed E-state index contributed by atoms with van der Waals surface area (Å²) in [4.78, 5) is 19.3. The normalized spacial score (nSPS) is 11.9. The molecule has 6 heteroatoms. The van der Waals surface area contributed by atoms with Crippen LogP contribution in [0.15, 0.2) is 18.0 Å². The summed E-state index contributed by atoms with van der Waals surface area (Å²) in [5.41, 5.74) is 4.72. The molecule has 3 heterocycles. The van der Waals surface area contributed by atoms with Crippen LogP contribution in [0, 0.1) is 0 Å². The van der Waals surface area contributed by atoms with Crippen LogP contribution in [0.2, 0.25) is 0 Å². The van der Waals surface area contributed by atoms with Gasteiger partial charge in [0.2, 0.25) is 0 Å². The first-order valence-electron chi connectivity index (χ1n) is 7.16. The molecular weight excluding hydrogens is 282 g/mol. The molecule has 3 aromatic heterocycles. The van der Waals surface area contributed by atoms with Gasteiger partial charge in [0.05, 0.1) is 24.1 Å². The lowest BCUT2D eigenvalue weighted by atomic mass is 10.1. The van der Waals surface area contributed by atoms with E-state index in [1.165, 1.54) is 4.88 Å². The van der Waals surface area contributed by atoms with Crippen molar-refractivity contribution in [1.82, 2.24) is 24.5 Å². The molecule has 0 atom stereocenters. The maximum absolute atomic E-state index is 4.73. The van der Waals surface area contributed by atoms with Gasteiger partial charge in [-0.3, -0.25) is 4.98 Å². The average molecular weight is 301 g/mol. The molecule has 3 rings (SSSR count). The van der Waals surface area contributed by atoms with Gasteiger partial charge in [0.15, 0.2) is 5.65 Å². The van der Waals surface area contributed by atoms with Gasteiger partial charge >= 0.3 is 0 Å². The first kappa shape index (κ1) is 14.1. The zero-order chi connectivity index (χ0) is 15.0. The molecule has 0 aromatic carbocycles. The molecule has 0 saturated heterocycles. The largest absolute Gasteiger partial charge is 0.310 e. The first-order valence-corrected chi connectivity index (χ1v) is 8.04. The highest BCUT2D eigenvalue weighted by molar-refractivity contribution is 7.09. The molecule has 0 unspecified atom stereocenters. The zero-order valence-corrected chi connectivity index (χ0v) is 13.6. The van der Waals surface area contributed by atoms with Crippen molar-refractivity contribution in [3.8, 4) is 0 Å². The molecule has 0 aliphatic heterocycles. The number of imidazole rings is 1. The van der Waals surface area contributed by atoms with Crippen LogP contribution < -0.4 is 0 Å². The Morgan fingerprint density at radius 1 is 1.14 bits per heavy atom. The van der Waals surface area contributed by atoms with Crippen LogP contribution in [0.5, 0.6) is 0 Å². The van der Waals surface area contributed by atoms with E-state index in [1.54, 1.807) is 11.3 Å². The zero-order valence-electron chi connectivity index (χ0n) is 12.7. The van der Waals surface area contributed by atoms with E-state index in [1.807, 2.05) is 18.0 Å². The van der Waals surface area contributed by atoms with Crippen LogP contribution in [0.25, 0.3) is 11.2 Å². The molecule has 5 nitrogen and oxygen atoms in total. The highest BCUT2D eigenvalue weighted by atomic mass is 32.1. The van der Waals surface area contributed by atoms with Crippen LogP contribution in [0.4, 0.5) is 0 Å². The molecule has 3 aromatic rings. The molecule has 0 fully saturated rings. The van der Waals surface area contributed by atoms with E-state index in [4.69, 9.17) is 9.97 Å². The van der Waals surface area contributed by atoms with Gasteiger partial charge in [-0.05, 0) is 5.92 Å². The number of fused-ring (bicyclic) bond motifs is 1. The van der Waals surface area contributed by atoms with Crippen molar-refractivity contribution in [3.05, 3.63) is 34.4 Å². The molecule has 0 N–H and O–H groups in total. The fraction of sp³-hybridized carbons (Fsp3) is 0.467. The summed E-state index contributed by atoms with van der Waals surface area (Å²) in [6, 6.07) is 0. The van der Waals surface area contributed by atoms with Gasteiger partial charge in [-0.25, -0.2) is 15.0 Å². The lowest BCUT2D eigenvalue weighted by Crippen LogP contribution is -2.06.